The lowest BCUT2D eigenvalue weighted by atomic mass is 10.6. The maximum Gasteiger partial charge on any atom is 0.251 e. The van der Waals surface area contributed by atoms with E-state index in [4.69, 9.17) is 0 Å². The second-order valence-corrected chi connectivity index (χ2v) is 6.27. The highest BCUT2D eigenvalue weighted by atomic mass is 35.5. The Morgan fingerprint density at radius 2 is 1.94 bits per heavy atom. The number of halogens is 1. The number of nitrogens with zero attached hydrogens (tertiary/aromatic N) is 1. The van der Waals surface area contributed by atoms with E-state index in [0.29, 0.717) is 23.0 Å². The van der Waals surface area contributed by atoms with E-state index in [2.05, 4.69) is 15.0 Å². The van der Waals surface area contributed by atoms with Crippen LogP contribution in [-0.2, 0) is 10.0 Å². The number of aromatic nitrogens is 1. The van der Waals surface area contributed by atoms with Gasteiger partial charge in [-0.25, -0.2) is 18.1 Å². The fourth-order valence-corrected chi connectivity index (χ4v) is 3.70. The van der Waals surface area contributed by atoms with E-state index in [-0.39, 0.29) is 12.4 Å². The molecule has 2 N–H and O–H groups in total. The van der Waals surface area contributed by atoms with Crippen LogP contribution < -0.4 is 10.0 Å². The predicted octanol–water partition coefficient (Wildman–Crippen LogP) is 0.679. The Morgan fingerprint density at radius 3 is 2.38 bits per heavy atom. The first-order valence-corrected chi connectivity index (χ1v) is 6.85. The third-order valence-electron chi connectivity index (χ3n) is 1.77. The quantitative estimate of drug-likeness (QED) is 0.781. The molecule has 8 heteroatoms. The average molecular weight is 286 g/mol. The zero-order valence-electron chi connectivity index (χ0n) is 9.40. The summed E-state index contributed by atoms with van der Waals surface area (Å²) < 4.78 is 26.4. The van der Waals surface area contributed by atoms with Gasteiger partial charge in [-0.3, -0.25) is 0 Å². The van der Waals surface area contributed by atoms with Gasteiger partial charge in [0.2, 0.25) is 0 Å². The Morgan fingerprint density at radius 1 is 1.31 bits per heavy atom. The number of sulfonamides is 1. The van der Waals surface area contributed by atoms with Crippen LogP contribution >= 0.6 is 23.7 Å². The van der Waals surface area contributed by atoms with Gasteiger partial charge < -0.3 is 5.32 Å². The van der Waals surface area contributed by atoms with Crippen LogP contribution in [0.3, 0.4) is 0 Å². The molecule has 0 aliphatic carbocycles. The second-order valence-electron chi connectivity index (χ2n) is 3.11. The molecule has 0 spiro atoms. The molecule has 0 bridgehead atoms. The van der Waals surface area contributed by atoms with Crippen LogP contribution in [0.2, 0.25) is 0 Å². The van der Waals surface area contributed by atoms with E-state index in [1.165, 1.54) is 11.3 Å². The minimum absolute atomic E-state index is 0. The normalized spacial score (nSPS) is 11.2. The molecule has 16 heavy (non-hydrogen) atoms. The molecule has 0 amide bonds. The van der Waals surface area contributed by atoms with Crippen LogP contribution in [-0.4, -0.2) is 33.5 Å². The van der Waals surface area contributed by atoms with Gasteiger partial charge in [-0.15, -0.1) is 23.7 Å². The van der Waals surface area contributed by atoms with Gasteiger partial charge in [-0.1, -0.05) is 0 Å². The third-order valence-corrected chi connectivity index (χ3v) is 4.92. The molecule has 0 radical (unpaired) electrons. The van der Waals surface area contributed by atoms with Crippen molar-refractivity contribution >= 4 is 33.8 Å². The molecule has 0 fully saturated rings. The van der Waals surface area contributed by atoms with E-state index in [9.17, 15) is 8.42 Å². The van der Waals surface area contributed by atoms with Crippen LogP contribution in [0.15, 0.2) is 4.21 Å². The lowest BCUT2D eigenvalue weighted by Gasteiger charge is -2.04. The minimum atomic E-state index is -3.38. The van der Waals surface area contributed by atoms with Crippen molar-refractivity contribution in [2.45, 2.75) is 18.1 Å². The number of aryl methyl sites for hydroxylation is 2. The highest BCUT2D eigenvalue weighted by Crippen LogP contribution is 2.22. The zero-order chi connectivity index (χ0) is 11.5. The monoisotopic (exact) mass is 285 g/mol. The maximum atomic E-state index is 11.8. The molecule has 0 saturated carbocycles. The van der Waals surface area contributed by atoms with Gasteiger partial charge in [0.25, 0.3) is 10.0 Å². The summed E-state index contributed by atoms with van der Waals surface area (Å²) in [5.74, 6) is 0. The standard InChI is InChI=1S/C8H15N3O2S2.ClH/c1-6-8(14-7(2)11-6)15(12,13)10-5-4-9-3;/h9-10H,4-5H2,1-3H3;1H. The van der Waals surface area contributed by atoms with Crippen LogP contribution in [0.1, 0.15) is 10.7 Å². The molecule has 0 saturated heterocycles. The summed E-state index contributed by atoms with van der Waals surface area (Å²) in [6.07, 6.45) is 0. The Balaban J connectivity index is 0.00000225. The van der Waals surface area contributed by atoms with E-state index in [1.54, 1.807) is 20.9 Å². The molecule has 1 aromatic rings. The first kappa shape index (κ1) is 15.8. The van der Waals surface area contributed by atoms with Crippen LogP contribution in [0.5, 0.6) is 0 Å². The summed E-state index contributed by atoms with van der Waals surface area (Å²) in [6, 6.07) is 0. The highest BCUT2D eigenvalue weighted by Gasteiger charge is 2.19. The topological polar surface area (TPSA) is 71.1 Å². The van der Waals surface area contributed by atoms with Gasteiger partial charge >= 0.3 is 0 Å². The molecular weight excluding hydrogens is 270 g/mol. The van der Waals surface area contributed by atoms with Crippen molar-refractivity contribution in [2.24, 2.45) is 0 Å². The summed E-state index contributed by atoms with van der Waals surface area (Å²) in [5, 5.41) is 3.64. The summed E-state index contributed by atoms with van der Waals surface area (Å²) in [4.78, 5) is 4.09. The summed E-state index contributed by atoms with van der Waals surface area (Å²) in [6.45, 7) is 4.49. The highest BCUT2D eigenvalue weighted by molar-refractivity contribution is 7.91. The van der Waals surface area contributed by atoms with Gasteiger partial charge in [-0.2, -0.15) is 0 Å². The molecule has 0 atom stereocenters. The largest absolute Gasteiger partial charge is 0.318 e. The predicted molar refractivity (Wildman–Crippen MR) is 68.0 cm³/mol. The summed E-state index contributed by atoms with van der Waals surface area (Å²) in [5.41, 5.74) is 0.564. The number of hydrogen-bond acceptors (Lipinski definition) is 5. The molecule has 1 heterocycles. The van der Waals surface area contributed by atoms with Crippen molar-refractivity contribution in [1.29, 1.82) is 0 Å². The Bertz CT molecular complexity index is 430. The summed E-state index contributed by atoms with van der Waals surface area (Å²) in [7, 11) is -1.60. The molecule has 5 nitrogen and oxygen atoms in total. The number of likely N-dealkylation sites (N-methyl/N-ethyl adjacent to an activating group) is 1. The van der Waals surface area contributed by atoms with E-state index in [0.717, 1.165) is 5.01 Å². The third kappa shape index (κ3) is 3.99. The molecule has 0 aliphatic heterocycles. The molecule has 0 unspecified atom stereocenters. The summed E-state index contributed by atoms with van der Waals surface area (Å²) >= 11 is 1.20. The van der Waals surface area contributed by atoms with Crippen molar-refractivity contribution in [3.05, 3.63) is 10.7 Å². The van der Waals surface area contributed by atoms with Gasteiger partial charge in [-0.05, 0) is 20.9 Å². The Kier molecular flexibility index (Phi) is 6.42. The van der Waals surface area contributed by atoms with Crippen molar-refractivity contribution in [3.8, 4) is 0 Å². The van der Waals surface area contributed by atoms with Crippen LogP contribution in [0.4, 0.5) is 0 Å². The van der Waals surface area contributed by atoms with E-state index >= 15 is 0 Å². The zero-order valence-corrected chi connectivity index (χ0v) is 11.9. The van der Waals surface area contributed by atoms with Crippen molar-refractivity contribution in [2.75, 3.05) is 20.1 Å². The van der Waals surface area contributed by atoms with Crippen LogP contribution in [0.25, 0.3) is 0 Å². The van der Waals surface area contributed by atoms with E-state index in [1.807, 2.05) is 0 Å². The molecule has 1 aromatic heterocycles. The van der Waals surface area contributed by atoms with Gasteiger partial charge in [0, 0.05) is 13.1 Å². The number of hydrogen-bond donors (Lipinski definition) is 2. The maximum absolute atomic E-state index is 11.8. The van der Waals surface area contributed by atoms with Gasteiger partial charge in [0.15, 0.2) is 4.21 Å². The van der Waals surface area contributed by atoms with Gasteiger partial charge in [0.05, 0.1) is 10.7 Å². The van der Waals surface area contributed by atoms with Crippen molar-refractivity contribution < 1.29 is 8.42 Å². The first-order chi connectivity index (χ1) is 6.97. The molecular formula is C8H16ClN3O2S2. The molecule has 0 aliphatic rings. The fourth-order valence-electron chi connectivity index (χ4n) is 1.14. The molecule has 0 aromatic carbocycles. The Hall–Kier alpha value is -0.210. The lowest BCUT2D eigenvalue weighted by molar-refractivity contribution is 0.581. The van der Waals surface area contributed by atoms with E-state index < -0.39 is 10.0 Å². The minimum Gasteiger partial charge on any atom is -0.318 e. The average Bonchev–Trinajstić information content (AvgIpc) is 2.46. The Labute approximate surface area is 106 Å². The number of thiazole rings is 1. The van der Waals surface area contributed by atoms with Crippen molar-refractivity contribution in [1.82, 2.24) is 15.0 Å². The first-order valence-electron chi connectivity index (χ1n) is 4.55. The molecule has 94 valence electrons. The van der Waals surface area contributed by atoms with Gasteiger partial charge in [0.1, 0.15) is 0 Å². The number of nitrogens with one attached hydrogen (secondary N) is 2. The SMILES string of the molecule is CNCCNS(=O)(=O)c1sc(C)nc1C.Cl. The number of rotatable bonds is 5. The lowest BCUT2D eigenvalue weighted by Crippen LogP contribution is -2.30. The van der Waals surface area contributed by atoms with Crippen LogP contribution in [0, 0.1) is 13.8 Å². The molecule has 1 rings (SSSR count). The fraction of sp³-hybridized carbons (Fsp3) is 0.625. The smallest absolute Gasteiger partial charge is 0.251 e. The second kappa shape index (κ2) is 6.51. The van der Waals surface area contributed by atoms with Crippen molar-refractivity contribution in [3.63, 3.8) is 0 Å².